The van der Waals surface area contributed by atoms with E-state index in [0.717, 1.165) is 12.0 Å². The Balaban J connectivity index is 1.35. The first-order valence-corrected chi connectivity index (χ1v) is 29.0. The number of Topliss-reactive ketones (excluding diaryl/α,β-unsaturated/α-hetero) is 2. The molecule has 2 saturated heterocycles. The van der Waals surface area contributed by atoms with Gasteiger partial charge < -0.3 is 43.2 Å². The highest BCUT2D eigenvalue weighted by Crippen LogP contribution is 2.42. The Morgan fingerprint density at radius 1 is 0.838 bits per heavy atom. The van der Waals surface area contributed by atoms with Crippen molar-refractivity contribution in [1.82, 2.24) is 4.90 Å². The zero-order valence-electron chi connectivity index (χ0n) is 46.1. The van der Waals surface area contributed by atoms with E-state index in [1.165, 1.54) is 29.5 Å². The van der Waals surface area contributed by atoms with Crippen molar-refractivity contribution in [3.63, 3.8) is 0 Å². The average molecular weight is 1040 g/mol. The summed E-state index contributed by atoms with van der Waals surface area (Å²) in [6.07, 6.45) is 5.75. The zero-order valence-corrected chi connectivity index (χ0v) is 47.1. The third-order valence-electron chi connectivity index (χ3n) is 16.6. The maximum Gasteiger partial charge on any atom is 0.329 e. The van der Waals surface area contributed by atoms with Gasteiger partial charge in [0, 0.05) is 52.0 Å². The van der Waals surface area contributed by atoms with Gasteiger partial charge in [-0.05, 0) is 111 Å². The van der Waals surface area contributed by atoms with E-state index in [1.54, 1.807) is 27.0 Å². The lowest BCUT2D eigenvalue weighted by molar-refractivity contribution is -0.302. The summed E-state index contributed by atoms with van der Waals surface area (Å²) >= 11 is 0. The number of ketones is 2. The average Bonchev–Trinajstić information content (AvgIpc) is 3.38. The van der Waals surface area contributed by atoms with Gasteiger partial charge in [-0.3, -0.25) is 14.4 Å². The van der Waals surface area contributed by atoms with Gasteiger partial charge in [-0.15, -0.1) is 6.58 Å². The molecule has 1 aliphatic carbocycles. The highest BCUT2D eigenvalue weighted by atomic mass is 28.4. The number of rotatable bonds is 11. The fourth-order valence-electron chi connectivity index (χ4n) is 12.5. The summed E-state index contributed by atoms with van der Waals surface area (Å²) in [4.78, 5) is 59.3. The fraction of sp³-hybridized carbons (Fsp3) is 0.633. The number of carbonyl (C=O) groups excluding carboxylic acids is 4. The van der Waals surface area contributed by atoms with E-state index in [4.69, 9.17) is 28.1 Å². The van der Waals surface area contributed by atoms with Crippen LogP contribution in [0.4, 0.5) is 0 Å². The van der Waals surface area contributed by atoms with Crippen molar-refractivity contribution in [2.75, 3.05) is 27.9 Å². The Kier molecular flexibility index (Phi) is 20.6. The number of hydrogen-bond donors (Lipinski definition) is 2. The fourth-order valence-corrected chi connectivity index (χ4v) is 17.2. The molecule has 2 aromatic rings. The van der Waals surface area contributed by atoms with Crippen LogP contribution in [0.5, 0.6) is 0 Å². The predicted octanol–water partition coefficient (Wildman–Crippen LogP) is 8.22. The smallest absolute Gasteiger partial charge is 0.329 e. The van der Waals surface area contributed by atoms with E-state index >= 15 is 0 Å². The summed E-state index contributed by atoms with van der Waals surface area (Å²) < 4.78 is 38.6. The molecule has 0 radical (unpaired) electrons. The number of methoxy groups -OCH3 is 3. The SMILES string of the molecule is C=CC[C@@H]1/C=C(\C)C[C@H](C)C[C@H](OC)[C@H]2OC(O)(C(=O)C(=O)N3CCCC[C@H]3C(=O)O[C@H](/C(C)=C/[C@@H]3CC[C@@H](O[Si](c4ccccc4)(c4ccccc4)C(C)(C)C)[C@H](OC)C3)[C@H](C)[C@@H](O)CC1=O)[C@H](C)C[C@@H]2OC. The minimum absolute atomic E-state index is 0.00158. The molecule has 14 atom stereocenters. The molecule has 2 aromatic carbocycles. The van der Waals surface area contributed by atoms with Gasteiger partial charge >= 0.3 is 5.97 Å². The molecule has 74 heavy (non-hydrogen) atoms. The van der Waals surface area contributed by atoms with E-state index in [9.17, 15) is 29.4 Å². The molecule has 2 bridgehead atoms. The lowest BCUT2D eigenvalue weighted by atomic mass is 9.81. The molecule has 6 rings (SSSR count). The number of carbonyl (C=O) groups is 4. The molecule has 0 spiro atoms. The lowest BCUT2D eigenvalue weighted by Gasteiger charge is -2.47. The molecule has 3 fully saturated rings. The van der Waals surface area contributed by atoms with Crippen molar-refractivity contribution in [3.05, 3.63) is 96.6 Å². The van der Waals surface area contributed by atoms with Gasteiger partial charge in [0.25, 0.3) is 20.0 Å². The van der Waals surface area contributed by atoms with Crippen molar-refractivity contribution in [3.8, 4) is 0 Å². The molecular formula is C60H87NO12Si. The summed E-state index contributed by atoms with van der Waals surface area (Å²) in [5, 5.41) is 26.5. The summed E-state index contributed by atoms with van der Waals surface area (Å²) in [6.45, 7) is 20.1. The van der Waals surface area contributed by atoms with Crippen molar-refractivity contribution >= 4 is 42.1 Å². The highest BCUT2D eigenvalue weighted by molar-refractivity contribution is 6.99. The second-order valence-electron chi connectivity index (χ2n) is 23.0. The third-order valence-corrected chi connectivity index (χ3v) is 21.7. The molecule has 1 saturated carbocycles. The van der Waals surface area contributed by atoms with Crippen LogP contribution in [0.25, 0.3) is 0 Å². The molecule has 4 aliphatic rings. The van der Waals surface area contributed by atoms with E-state index in [2.05, 4.69) is 88.9 Å². The van der Waals surface area contributed by atoms with Gasteiger partial charge in [0.05, 0.1) is 30.5 Å². The topological polar surface area (TPSA) is 167 Å². The molecular weight excluding hydrogens is 955 g/mol. The Morgan fingerprint density at radius 3 is 2.03 bits per heavy atom. The van der Waals surface area contributed by atoms with Crippen molar-refractivity contribution in [2.45, 2.75) is 186 Å². The Morgan fingerprint density at radius 2 is 1.45 bits per heavy atom. The number of piperidine rings is 1. The molecule has 14 heteroatoms. The van der Waals surface area contributed by atoms with Crippen LogP contribution in [-0.4, -0.2) is 129 Å². The Bertz CT molecular complexity index is 2240. The number of amides is 1. The molecule has 3 aliphatic heterocycles. The molecule has 1 unspecified atom stereocenters. The van der Waals surface area contributed by atoms with Crippen molar-refractivity contribution < 1.29 is 57.5 Å². The van der Waals surface area contributed by atoms with E-state index < -0.39 is 86.1 Å². The molecule has 408 valence electrons. The number of cyclic esters (lactones) is 1. The number of benzene rings is 2. The van der Waals surface area contributed by atoms with Crippen LogP contribution in [0.3, 0.4) is 0 Å². The summed E-state index contributed by atoms with van der Waals surface area (Å²) in [7, 11) is 1.88. The maximum absolute atomic E-state index is 14.8. The first-order valence-electron chi connectivity index (χ1n) is 27.1. The minimum Gasteiger partial charge on any atom is -0.456 e. The first kappa shape index (κ1) is 59.1. The summed E-state index contributed by atoms with van der Waals surface area (Å²) in [5.41, 5.74) is 1.65. The molecule has 3 heterocycles. The predicted molar refractivity (Wildman–Crippen MR) is 289 cm³/mol. The second kappa shape index (κ2) is 25.8. The number of allylic oxidation sites excluding steroid dienone is 4. The van der Waals surface area contributed by atoms with Gasteiger partial charge in [0.1, 0.15) is 24.0 Å². The maximum atomic E-state index is 14.8. The summed E-state index contributed by atoms with van der Waals surface area (Å²) in [5.74, 6) is -7.82. The number of esters is 1. The Hall–Kier alpha value is -4.12. The van der Waals surface area contributed by atoms with Gasteiger partial charge in [0.2, 0.25) is 5.79 Å². The van der Waals surface area contributed by atoms with Gasteiger partial charge in [0.15, 0.2) is 0 Å². The molecule has 2 N–H and O–H groups in total. The normalized spacial score (nSPS) is 34.7. The van der Waals surface area contributed by atoms with E-state index in [1.807, 2.05) is 32.1 Å². The quantitative estimate of drug-likeness (QED) is 0.0960. The summed E-state index contributed by atoms with van der Waals surface area (Å²) in [6, 6.07) is 20.0. The van der Waals surface area contributed by atoms with Crippen LogP contribution in [-0.2, 0) is 47.3 Å². The van der Waals surface area contributed by atoms with Crippen molar-refractivity contribution in [2.24, 2.45) is 29.6 Å². The van der Waals surface area contributed by atoms with Crippen LogP contribution < -0.4 is 10.4 Å². The van der Waals surface area contributed by atoms with Gasteiger partial charge in [-0.25, -0.2) is 4.79 Å². The van der Waals surface area contributed by atoms with Crippen molar-refractivity contribution in [1.29, 1.82) is 0 Å². The number of aliphatic hydroxyl groups is 2. The third kappa shape index (κ3) is 13.2. The molecule has 0 aromatic heterocycles. The largest absolute Gasteiger partial charge is 0.456 e. The standard InChI is InChI=1S/C60H87NO12Si/c1-13-22-44-32-38(2)31-39(3)33-52(69-11)55-53(70-12)35-41(5)60(67,72-55)56(64)57(65)61-30-21-20-27-47(61)58(66)71-54(42(6)48(62)37-49(44)63)40(4)34-43-28-29-50(51(36-43)68-10)73-74(59(7,8)9,45-23-16-14-17-24-45)46-25-18-15-19-26-46/h13-19,23-26,32,34,39,41-44,47-48,50-55,62,67H,1,20-22,27-31,33,35-37H2,2-12H3/b38-32+,40-34+/t39-,41+,42+,43-,44+,47-,48-,50+,51+,52-,53-,54+,55+,60?/m0/s1. The number of fused-ring (bicyclic) bond motifs is 3. The molecule has 1 amide bonds. The lowest BCUT2D eigenvalue weighted by Crippen LogP contribution is -2.68. The number of aliphatic hydroxyl groups excluding tert-OH is 1. The zero-order chi connectivity index (χ0) is 54.1. The number of hydrogen-bond acceptors (Lipinski definition) is 12. The van der Waals surface area contributed by atoms with Crippen LogP contribution in [0.2, 0.25) is 5.04 Å². The minimum atomic E-state index is -2.92. The number of nitrogens with zero attached hydrogens (tertiary/aromatic N) is 1. The van der Waals surface area contributed by atoms with Crippen LogP contribution in [0.15, 0.2) is 96.6 Å². The first-order chi connectivity index (χ1) is 35.1. The van der Waals surface area contributed by atoms with Gasteiger partial charge in [-0.1, -0.05) is 126 Å². The Labute approximate surface area is 442 Å². The van der Waals surface area contributed by atoms with E-state index in [0.29, 0.717) is 50.5 Å². The van der Waals surface area contributed by atoms with Crippen LogP contribution in [0, 0.1) is 29.6 Å². The second-order valence-corrected chi connectivity index (χ2v) is 27.3. The van der Waals surface area contributed by atoms with Crippen LogP contribution in [0.1, 0.15) is 126 Å². The highest BCUT2D eigenvalue weighted by Gasteiger charge is 2.57. The number of ether oxygens (including phenoxy) is 5. The van der Waals surface area contributed by atoms with Gasteiger partial charge in [-0.2, -0.15) is 0 Å². The van der Waals surface area contributed by atoms with E-state index in [-0.39, 0.29) is 60.7 Å². The van der Waals surface area contributed by atoms with Crippen LogP contribution >= 0.6 is 0 Å². The molecule has 13 nitrogen and oxygen atoms in total. The monoisotopic (exact) mass is 1040 g/mol.